The number of esters is 1. The van der Waals surface area contributed by atoms with Gasteiger partial charge in [-0.25, -0.2) is 4.79 Å². The highest BCUT2D eigenvalue weighted by molar-refractivity contribution is 5.74. The monoisotopic (exact) mass is 538 g/mol. The molecule has 1 atom stereocenters. The van der Waals surface area contributed by atoms with Crippen LogP contribution in [0.1, 0.15) is 108 Å². The van der Waals surface area contributed by atoms with Crippen molar-refractivity contribution in [2.45, 2.75) is 116 Å². The van der Waals surface area contributed by atoms with E-state index in [4.69, 9.17) is 9.47 Å². The summed E-state index contributed by atoms with van der Waals surface area (Å²) in [5.41, 5.74) is 2.64. The van der Waals surface area contributed by atoms with Crippen molar-refractivity contribution in [2.24, 2.45) is 0 Å². The van der Waals surface area contributed by atoms with Crippen LogP contribution in [0.5, 0.6) is 5.75 Å². The number of carbonyl (C=O) groups excluding carboxylic acids is 1. The van der Waals surface area contributed by atoms with Gasteiger partial charge in [0.1, 0.15) is 12.3 Å². The zero-order valence-electron chi connectivity index (χ0n) is 25.5. The molecule has 0 fully saturated rings. The lowest BCUT2D eigenvalue weighted by atomic mass is 10.0. The third-order valence-electron chi connectivity index (χ3n) is 7.65. The summed E-state index contributed by atoms with van der Waals surface area (Å²) in [7, 11) is 4.26. The van der Waals surface area contributed by atoms with E-state index < -0.39 is 0 Å². The van der Waals surface area contributed by atoms with Gasteiger partial charge in [0.2, 0.25) is 0 Å². The van der Waals surface area contributed by atoms with Gasteiger partial charge in [-0.1, -0.05) is 108 Å². The van der Waals surface area contributed by atoms with Gasteiger partial charge in [0.05, 0.1) is 27.3 Å². The molecule has 39 heavy (non-hydrogen) atoms. The Kier molecular flexibility index (Phi) is 16.6. The van der Waals surface area contributed by atoms with Crippen molar-refractivity contribution < 1.29 is 18.8 Å². The van der Waals surface area contributed by atoms with Crippen LogP contribution in [0.25, 0.3) is 0 Å². The normalized spacial score (nSPS) is 12.3. The summed E-state index contributed by atoms with van der Waals surface area (Å²) in [6.07, 6.45) is 16.9. The minimum Gasteiger partial charge on any atom is -0.494 e. The lowest BCUT2D eigenvalue weighted by Crippen LogP contribution is -2.52. The summed E-state index contributed by atoms with van der Waals surface area (Å²) in [4.78, 5) is 13.0. The number of quaternary nitrogens is 1. The molecule has 0 spiro atoms. The van der Waals surface area contributed by atoms with Crippen molar-refractivity contribution in [3.05, 3.63) is 65.7 Å². The quantitative estimate of drug-likeness (QED) is 0.0853. The Morgan fingerprint density at radius 2 is 1.31 bits per heavy atom. The fourth-order valence-electron chi connectivity index (χ4n) is 5.25. The van der Waals surface area contributed by atoms with Gasteiger partial charge < -0.3 is 14.0 Å². The van der Waals surface area contributed by atoms with Crippen LogP contribution < -0.4 is 4.74 Å². The number of nitrogens with zero attached hydrogens (tertiary/aromatic N) is 1. The number of hydrogen-bond acceptors (Lipinski definition) is 3. The van der Waals surface area contributed by atoms with Crippen LogP contribution in [0.3, 0.4) is 0 Å². The van der Waals surface area contributed by atoms with Crippen molar-refractivity contribution in [2.75, 3.05) is 27.3 Å². The predicted molar refractivity (Wildman–Crippen MR) is 164 cm³/mol. The molecule has 2 rings (SSSR count). The average Bonchev–Trinajstić information content (AvgIpc) is 2.93. The number of unbranched alkanes of at least 4 members (excludes halogenated alkanes) is 9. The van der Waals surface area contributed by atoms with Crippen LogP contribution in [-0.2, 0) is 22.5 Å². The minimum atomic E-state index is -0.152. The Labute approximate surface area is 239 Å². The van der Waals surface area contributed by atoms with Crippen LogP contribution in [0.4, 0.5) is 0 Å². The second-order valence-electron chi connectivity index (χ2n) is 11.7. The Morgan fingerprint density at radius 1 is 0.692 bits per heavy atom. The molecular weight excluding hydrogens is 482 g/mol. The van der Waals surface area contributed by atoms with Gasteiger partial charge in [0, 0.05) is 12.0 Å². The summed E-state index contributed by atoms with van der Waals surface area (Å²) in [6, 6.07) is 18.8. The fraction of sp³-hybridized carbons (Fsp3) is 0.629. The van der Waals surface area contributed by atoms with E-state index in [0.29, 0.717) is 17.7 Å². The lowest BCUT2D eigenvalue weighted by Gasteiger charge is -2.36. The smallest absolute Gasteiger partial charge is 0.364 e. The molecule has 0 N–H and O–H groups in total. The van der Waals surface area contributed by atoms with Crippen LogP contribution in [0.2, 0.25) is 0 Å². The molecule has 2 aromatic carbocycles. The Bertz CT molecular complexity index is 879. The number of hydrogen-bond donors (Lipinski definition) is 0. The van der Waals surface area contributed by atoms with Crippen LogP contribution in [0.15, 0.2) is 54.6 Å². The zero-order chi connectivity index (χ0) is 28.2. The molecular formula is C35H56NO3+. The summed E-state index contributed by atoms with van der Waals surface area (Å²) in [6.45, 7) is 6.31. The maximum atomic E-state index is 13.0. The summed E-state index contributed by atoms with van der Waals surface area (Å²) in [5, 5.41) is 0. The topological polar surface area (TPSA) is 35.5 Å². The Morgan fingerprint density at radius 3 is 1.95 bits per heavy atom. The summed E-state index contributed by atoms with van der Waals surface area (Å²) in [5.74, 6) is 0.840. The highest BCUT2D eigenvalue weighted by Gasteiger charge is 2.35. The van der Waals surface area contributed by atoms with Crippen molar-refractivity contribution >= 4 is 5.97 Å². The van der Waals surface area contributed by atoms with Crippen molar-refractivity contribution in [3.63, 3.8) is 0 Å². The van der Waals surface area contributed by atoms with Crippen LogP contribution >= 0.6 is 0 Å². The average molecular weight is 539 g/mol. The standard InChI is InChI=1S/C35H56NO3/c1-5-7-8-9-10-11-12-13-15-21-31-24-26-33(27-25-31)38-28-18-19-29-39-35(37)34(20-6-2)36(3,4)30-32-22-16-14-17-23-32/h14,16-17,22-27,34H,5-13,15,18-21,28-30H2,1-4H3/q+1. The van der Waals surface area contributed by atoms with Crippen molar-refractivity contribution in [1.29, 1.82) is 0 Å². The van der Waals surface area contributed by atoms with E-state index in [1.165, 1.54) is 68.9 Å². The molecule has 2 aromatic rings. The summed E-state index contributed by atoms with van der Waals surface area (Å²) < 4.78 is 12.3. The number of benzene rings is 2. The van der Waals surface area contributed by atoms with Gasteiger partial charge in [0.15, 0.2) is 6.04 Å². The fourth-order valence-corrected chi connectivity index (χ4v) is 5.25. The van der Waals surface area contributed by atoms with Gasteiger partial charge in [-0.15, -0.1) is 0 Å². The maximum Gasteiger partial charge on any atom is 0.364 e. The molecule has 0 aliphatic rings. The number of aryl methyl sites for hydroxylation is 1. The Balaban J connectivity index is 1.58. The van der Waals surface area contributed by atoms with Gasteiger partial charge in [-0.05, 0) is 49.8 Å². The molecule has 1 unspecified atom stereocenters. The van der Waals surface area contributed by atoms with Crippen molar-refractivity contribution in [3.8, 4) is 5.75 Å². The van der Waals surface area contributed by atoms with Crippen LogP contribution in [0, 0.1) is 0 Å². The predicted octanol–water partition coefficient (Wildman–Crippen LogP) is 8.91. The molecule has 0 aliphatic heterocycles. The summed E-state index contributed by atoms with van der Waals surface area (Å²) >= 11 is 0. The highest BCUT2D eigenvalue weighted by Crippen LogP contribution is 2.20. The first-order valence-electron chi connectivity index (χ1n) is 15.7. The molecule has 0 saturated carbocycles. The second-order valence-corrected chi connectivity index (χ2v) is 11.7. The molecule has 4 heteroatoms. The zero-order valence-corrected chi connectivity index (χ0v) is 25.5. The van der Waals surface area contributed by atoms with E-state index in [1.54, 1.807) is 0 Å². The molecule has 0 aromatic heterocycles. The molecule has 0 aliphatic carbocycles. The highest BCUT2D eigenvalue weighted by atomic mass is 16.5. The first-order valence-corrected chi connectivity index (χ1v) is 15.7. The first-order chi connectivity index (χ1) is 19.0. The number of carbonyl (C=O) groups is 1. The third-order valence-corrected chi connectivity index (χ3v) is 7.65. The van der Waals surface area contributed by atoms with Crippen molar-refractivity contribution in [1.82, 2.24) is 0 Å². The first kappa shape index (κ1) is 32.9. The maximum absolute atomic E-state index is 13.0. The second kappa shape index (κ2) is 19.7. The van der Waals surface area contributed by atoms with Crippen LogP contribution in [-0.4, -0.2) is 43.8 Å². The molecule has 4 nitrogen and oxygen atoms in total. The minimum absolute atomic E-state index is 0.0822. The van der Waals surface area contributed by atoms with Gasteiger partial charge in [-0.3, -0.25) is 0 Å². The molecule has 0 heterocycles. The van der Waals surface area contributed by atoms with E-state index in [9.17, 15) is 4.79 Å². The Hall–Kier alpha value is -2.33. The van der Waals surface area contributed by atoms with E-state index in [1.807, 2.05) is 6.07 Å². The largest absolute Gasteiger partial charge is 0.494 e. The molecule has 0 saturated heterocycles. The number of likely N-dealkylation sites (N-methyl/N-ethyl adjacent to an activating group) is 1. The number of ether oxygens (including phenoxy) is 2. The van der Waals surface area contributed by atoms with E-state index in [-0.39, 0.29) is 12.0 Å². The molecule has 218 valence electrons. The molecule has 0 radical (unpaired) electrons. The van der Waals surface area contributed by atoms with Gasteiger partial charge >= 0.3 is 5.97 Å². The third kappa shape index (κ3) is 14.0. The SMILES string of the molecule is CCCCCCCCCCCc1ccc(OCCCCOC(=O)C(CCC)[N+](C)(C)Cc2ccccc2)cc1. The molecule has 0 bridgehead atoms. The van der Waals surface area contributed by atoms with Gasteiger partial charge in [0.25, 0.3) is 0 Å². The molecule has 0 amide bonds. The van der Waals surface area contributed by atoms with Gasteiger partial charge in [-0.2, -0.15) is 0 Å². The lowest BCUT2D eigenvalue weighted by molar-refractivity contribution is -0.920. The van der Waals surface area contributed by atoms with E-state index in [0.717, 1.165) is 44.4 Å². The van der Waals surface area contributed by atoms with E-state index >= 15 is 0 Å². The van der Waals surface area contributed by atoms with E-state index in [2.05, 4.69) is 76.5 Å². The number of rotatable bonds is 22.